The molecule has 1 aromatic rings. The zero-order valence-electron chi connectivity index (χ0n) is 10.3. The zero-order valence-corrected chi connectivity index (χ0v) is 12.7. The van der Waals surface area contributed by atoms with Crippen molar-refractivity contribution in [3.8, 4) is 5.75 Å². The highest BCUT2D eigenvalue weighted by Gasteiger charge is 2.40. The quantitative estimate of drug-likeness (QED) is 0.900. The van der Waals surface area contributed by atoms with Crippen LogP contribution in [0.2, 0.25) is 0 Å². The van der Waals surface area contributed by atoms with Crippen molar-refractivity contribution in [2.75, 3.05) is 11.5 Å². The minimum Gasteiger partial charge on any atom is -0.487 e. The molecule has 2 aliphatic rings. The third kappa shape index (κ3) is 3.12. The van der Waals surface area contributed by atoms with Gasteiger partial charge in [0.05, 0.1) is 21.6 Å². The second-order valence-corrected chi connectivity index (χ2v) is 8.49. The Balaban J connectivity index is 1.66. The summed E-state index contributed by atoms with van der Waals surface area (Å²) in [5.74, 6) is 0.855. The fourth-order valence-corrected chi connectivity index (χ4v) is 3.91. The maximum absolute atomic E-state index is 11.1. The first kappa shape index (κ1) is 13.4. The van der Waals surface area contributed by atoms with E-state index in [2.05, 4.69) is 15.9 Å². The Kier molecular flexibility index (Phi) is 3.15. The van der Waals surface area contributed by atoms with Crippen LogP contribution >= 0.6 is 15.9 Å². The summed E-state index contributed by atoms with van der Waals surface area (Å²) in [6.07, 6.45) is 2.15. The van der Waals surface area contributed by atoms with Crippen LogP contribution in [0.25, 0.3) is 0 Å². The maximum atomic E-state index is 11.1. The average molecular weight is 347 g/mol. The second kappa shape index (κ2) is 4.46. The number of ether oxygens (including phenoxy) is 1. The number of hydrogen-bond acceptors (Lipinski definition) is 4. The van der Waals surface area contributed by atoms with Crippen molar-refractivity contribution >= 4 is 25.8 Å². The summed E-state index contributed by atoms with van der Waals surface area (Å²) < 4.78 is 28.6. The Morgan fingerprint density at radius 3 is 2.58 bits per heavy atom. The lowest BCUT2D eigenvalue weighted by Gasteiger charge is -2.27. The third-order valence-electron chi connectivity index (χ3n) is 3.53. The molecular formula is C13H15BrO4S. The Bertz CT molecular complexity index is 595. The summed E-state index contributed by atoms with van der Waals surface area (Å²) in [7, 11) is -2.86. The topological polar surface area (TPSA) is 63.6 Å². The zero-order chi connectivity index (χ0) is 13.7. The van der Waals surface area contributed by atoms with Crippen LogP contribution in [0.4, 0.5) is 0 Å². The van der Waals surface area contributed by atoms with Gasteiger partial charge in [-0.25, -0.2) is 8.42 Å². The van der Waals surface area contributed by atoms with Gasteiger partial charge in [-0.1, -0.05) is 6.07 Å². The smallest absolute Gasteiger partial charge is 0.157 e. The molecule has 0 radical (unpaired) electrons. The SMILES string of the molecule is O=S1(=O)CC(Oc2ccc(CC3(O)CC3)cc2Br)C1. The van der Waals surface area contributed by atoms with Gasteiger partial charge in [0, 0.05) is 6.42 Å². The van der Waals surface area contributed by atoms with E-state index in [-0.39, 0.29) is 17.6 Å². The van der Waals surface area contributed by atoms with E-state index in [4.69, 9.17) is 4.74 Å². The monoisotopic (exact) mass is 346 g/mol. The minimum absolute atomic E-state index is 0.0982. The summed E-state index contributed by atoms with van der Waals surface area (Å²) in [6.45, 7) is 0. The first-order valence-electron chi connectivity index (χ1n) is 6.23. The van der Waals surface area contributed by atoms with Gasteiger partial charge in [0.1, 0.15) is 11.9 Å². The molecule has 1 heterocycles. The minimum atomic E-state index is -2.86. The second-order valence-electron chi connectivity index (χ2n) is 5.48. The lowest BCUT2D eigenvalue weighted by atomic mass is 10.1. The van der Waals surface area contributed by atoms with Crippen LogP contribution in [-0.4, -0.2) is 36.7 Å². The van der Waals surface area contributed by atoms with Gasteiger partial charge < -0.3 is 9.84 Å². The lowest BCUT2D eigenvalue weighted by molar-refractivity contribution is 0.151. The van der Waals surface area contributed by atoms with Crippen LogP contribution < -0.4 is 4.74 Å². The molecular weight excluding hydrogens is 332 g/mol. The third-order valence-corrected chi connectivity index (χ3v) is 5.91. The number of sulfone groups is 1. The predicted octanol–water partition coefficient (Wildman–Crippen LogP) is 1.69. The molecule has 104 valence electrons. The molecule has 0 atom stereocenters. The molecule has 3 rings (SSSR count). The number of rotatable bonds is 4. The van der Waals surface area contributed by atoms with E-state index in [9.17, 15) is 13.5 Å². The highest BCUT2D eigenvalue weighted by atomic mass is 79.9. The summed E-state index contributed by atoms with van der Waals surface area (Å²) in [5, 5.41) is 9.88. The molecule has 0 unspecified atom stereocenters. The average Bonchev–Trinajstić information content (AvgIpc) is 2.97. The van der Waals surface area contributed by atoms with Crippen LogP contribution in [0.1, 0.15) is 18.4 Å². The van der Waals surface area contributed by atoms with Crippen LogP contribution in [0.5, 0.6) is 5.75 Å². The maximum Gasteiger partial charge on any atom is 0.157 e. The Morgan fingerprint density at radius 2 is 2.05 bits per heavy atom. The number of aliphatic hydroxyl groups is 1. The molecule has 0 aromatic heterocycles. The van der Waals surface area contributed by atoms with Gasteiger partial charge in [-0.3, -0.25) is 0 Å². The van der Waals surface area contributed by atoms with E-state index < -0.39 is 15.4 Å². The van der Waals surface area contributed by atoms with E-state index >= 15 is 0 Å². The fourth-order valence-electron chi connectivity index (χ4n) is 2.22. The first-order chi connectivity index (χ1) is 8.85. The molecule has 1 N–H and O–H groups in total. The molecule has 0 spiro atoms. The van der Waals surface area contributed by atoms with Crippen molar-refractivity contribution < 1.29 is 18.3 Å². The van der Waals surface area contributed by atoms with Gasteiger partial charge in [0.2, 0.25) is 0 Å². The van der Waals surface area contributed by atoms with E-state index in [1.54, 1.807) is 0 Å². The highest BCUT2D eigenvalue weighted by Crippen LogP contribution is 2.39. The van der Waals surface area contributed by atoms with Crippen molar-refractivity contribution in [3.05, 3.63) is 28.2 Å². The fraction of sp³-hybridized carbons (Fsp3) is 0.538. The van der Waals surface area contributed by atoms with Crippen LogP contribution in [-0.2, 0) is 16.3 Å². The van der Waals surface area contributed by atoms with Gasteiger partial charge >= 0.3 is 0 Å². The molecule has 1 saturated heterocycles. The molecule has 4 nitrogen and oxygen atoms in total. The van der Waals surface area contributed by atoms with Gasteiger partial charge in [-0.2, -0.15) is 0 Å². The van der Waals surface area contributed by atoms with Gasteiger partial charge in [0.25, 0.3) is 0 Å². The first-order valence-corrected chi connectivity index (χ1v) is 8.85. The van der Waals surface area contributed by atoms with Crippen LogP contribution in [0.3, 0.4) is 0 Å². The number of benzene rings is 1. The molecule has 0 bridgehead atoms. The summed E-state index contributed by atoms with van der Waals surface area (Å²) in [4.78, 5) is 0. The van der Waals surface area contributed by atoms with Gasteiger partial charge in [-0.05, 0) is 46.5 Å². The standard InChI is InChI=1S/C13H15BrO4S/c14-11-5-9(6-13(15)3-4-13)1-2-12(11)18-10-7-19(16,17)8-10/h1-2,5,10,15H,3-4,6-8H2. The summed E-state index contributed by atoms with van der Waals surface area (Å²) in [5.41, 5.74) is 0.546. The molecule has 1 aromatic carbocycles. The summed E-state index contributed by atoms with van der Waals surface area (Å²) >= 11 is 3.43. The van der Waals surface area contributed by atoms with Crippen molar-refractivity contribution in [1.29, 1.82) is 0 Å². The molecule has 0 amide bonds. The van der Waals surface area contributed by atoms with E-state index in [1.807, 2.05) is 18.2 Å². The predicted molar refractivity (Wildman–Crippen MR) is 75.1 cm³/mol. The van der Waals surface area contributed by atoms with E-state index in [0.717, 1.165) is 22.9 Å². The molecule has 1 aliphatic heterocycles. The summed E-state index contributed by atoms with van der Waals surface area (Å²) in [6, 6.07) is 5.68. The van der Waals surface area contributed by atoms with E-state index in [1.165, 1.54) is 0 Å². The highest BCUT2D eigenvalue weighted by molar-refractivity contribution is 9.10. The van der Waals surface area contributed by atoms with Crippen molar-refractivity contribution in [2.24, 2.45) is 0 Å². The molecule has 1 saturated carbocycles. The van der Waals surface area contributed by atoms with Gasteiger partial charge in [0.15, 0.2) is 9.84 Å². The molecule has 1 aliphatic carbocycles. The lowest BCUT2D eigenvalue weighted by Crippen LogP contribution is -2.45. The Labute approximate surface area is 120 Å². The number of hydrogen-bond donors (Lipinski definition) is 1. The van der Waals surface area contributed by atoms with E-state index in [0.29, 0.717) is 12.2 Å². The van der Waals surface area contributed by atoms with Crippen LogP contribution in [0, 0.1) is 0 Å². The van der Waals surface area contributed by atoms with Crippen molar-refractivity contribution in [3.63, 3.8) is 0 Å². The van der Waals surface area contributed by atoms with Crippen LogP contribution in [0.15, 0.2) is 22.7 Å². The van der Waals surface area contributed by atoms with Gasteiger partial charge in [-0.15, -0.1) is 0 Å². The molecule has 2 fully saturated rings. The largest absolute Gasteiger partial charge is 0.487 e. The Morgan fingerprint density at radius 1 is 1.37 bits per heavy atom. The van der Waals surface area contributed by atoms with Crippen molar-refractivity contribution in [1.82, 2.24) is 0 Å². The Hall–Kier alpha value is -0.590. The normalized spacial score (nSPS) is 23.7. The number of halogens is 1. The van der Waals surface area contributed by atoms with Crippen molar-refractivity contribution in [2.45, 2.75) is 31.0 Å². The molecule has 6 heteroatoms. The molecule has 19 heavy (non-hydrogen) atoms.